The standard InChI is InChI=1S/C21H31N3O5S/c1-6-24(7-2)11-10-22-20(25)14-30(26)13-17-15(3)29-21(23-17)16-8-9-18(27-4)19(12-16)28-5/h8-9,12H,6-7,10-11,13-14H2,1-5H3,(H,22,25)/t30-/m0/s1. The van der Waals surface area contributed by atoms with Gasteiger partial charge in [0.1, 0.15) is 11.5 Å². The molecule has 0 aliphatic carbocycles. The van der Waals surface area contributed by atoms with Crippen LogP contribution in [0.15, 0.2) is 22.6 Å². The number of nitrogens with one attached hydrogen (secondary N) is 1. The highest BCUT2D eigenvalue weighted by molar-refractivity contribution is 7.84. The molecule has 1 amide bonds. The van der Waals surface area contributed by atoms with Crippen molar-refractivity contribution in [3.8, 4) is 23.0 Å². The van der Waals surface area contributed by atoms with Crippen molar-refractivity contribution < 1.29 is 22.9 Å². The van der Waals surface area contributed by atoms with Crippen molar-refractivity contribution in [1.29, 1.82) is 0 Å². The molecule has 2 rings (SSSR count). The maximum Gasteiger partial charge on any atom is 0.232 e. The molecule has 2 aromatic rings. The lowest BCUT2D eigenvalue weighted by molar-refractivity contribution is -0.118. The third kappa shape index (κ3) is 6.56. The van der Waals surface area contributed by atoms with E-state index in [0.717, 1.165) is 25.2 Å². The van der Waals surface area contributed by atoms with Crippen molar-refractivity contribution >= 4 is 16.7 Å². The van der Waals surface area contributed by atoms with E-state index in [9.17, 15) is 9.00 Å². The van der Waals surface area contributed by atoms with E-state index < -0.39 is 10.8 Å². The van der Waals surface area contributed by atoms with Gasteiger partial charge in [-0.15, -0.1) is 0 Å². The molecule has 9 heteroatoms. The Morgan fingerprint density at radius 2 is 1.90 bits per heavy atom. The zero-order chi connectivity index (χ0) is 22.1. The lowest BCUT2D eigenvalue weighted by Crippen LogP contribution is -2.36. The first-order valence-electron chi connectivity index (χ1n) is 9.94. The largest absolute Gasteiger partial charge is 0.493 e. The molecule has 1 aromatic carbocycles. The molecule has 0 aliphatic rings. The first-order valence-corrected chi connectivity index (χ1v) is 11.4. The van der Waals surface area contributed by atoms with E-state index in [1.54, 1.807) is 33.3 Å². The van der Waals surface area contributed by atoms with Crippen LogP contribution in [-0.2, 0) is 21.3 Å². The number of aromatic nitrogens is 1. The number of nitrogens with zero attached hydrogens (tertiary/aromatic N) is 2. The van der Waals surface area contributed by atoms with E-state index >= 15 is 0 Å². The van der Waals surface area contributed by atoms with Gasteiger partial charge in [0.05, 0.1) is 25.7 Å². The van der Waals surface area contributed by atoms with E-state index in [2.05, 4.69) is 29.0 Å². The van der Waals surface area contributed by atoms with Gasteiger partial charge in [0.2, 0.25) is 11.8 Å². The van der Waals surface area contributed by atoms with E-state index in [-0.39, 0.29) is 17.4 Å². The summed E-state index contributed by atoms with van der Waals surface area (Å²) in [7, 11) is 1.75. The van der Waals surface area contributed by atoms with Crippen LogP contribution in [0.1, 0.15) is 25.3 Å². The van der Waals surface area contributed by atoms with Gasteiger partial charge in [-0.3, -0.25) is 9.00 Å². The van der Waals surface area contributed by atoms with Gasteiger partial charge in [-0.1, -0.05) is 13.8 Å². The summed E-state index contributed by atoms with van der Waals surface area (Å²) in [6.07, 6.45) is 0. The number of aryl methyl sites for hydroxylation is 1. The van der Waals surface area contributed by atoms with Gasteiger partial charge < -0.3 is 24.1 Å². The van der Waals surface area contributed by atoms with Crippen molar-refractivity contribution in [3.63, 3.8) is 0 Å². The van der Waals surface area contributed by atoms with Crippen LogP contribution in [0.4, 0.5) is 0 Å². The number of methoxy groups -OCH3 is 2. The van der Waals surface area contributed by atoms with Crippen LogP contribution in [0.25, 0.3) is 11.5 Å². The molecule has 1 N–H and O–H groups in total. The minimum Gasteiger partial charge on any atom is -0.493 e. The predicted molar refractivity (Wildman–Crippen MR) is 117 cm³/mol. The second kappa shape index (κ2) is 11.7. The van der Waals surface area contributed by atoms with Crippen molar-refractivity contribution in [1.82, 2.24) is 15.2 Å². The Morgan fingerprint density at radius 1 is 1.20 bits per heavy atom. The molecular weight excluding hydrogens is 406 g/mol. The number of amides is 1. The highest BCUT2D eigenvalue weighted by Gasteiger charge is 2.17. The monoisotopic (exact) mass is 437 g/mol. The van der Waals surface area contributed by atoms with E-state index in [4.69, 9.17) is 13.9 Å². The van der Waals surface area contributed by atoms with Crippen LogP contribution in [0.3, 0.4) is 0 Å². The summed E-state index contributed by atoms with van der Waals surface area (Å²) in [6, 6.07) is 5.36. The molecule has 8 nitrogen and oxygen atoms in total. The third-order valence-electron chi connectivity index (χ3n) is 4.76. The molecule has 0 aliphatic heterocycles. The molecule has 0 saturated carbocycles. The number of ether oxygens (including phenoxy) is 2. The van der Waals surface area contributed by atoms with E-state index in [0.29, 0.717) is 35.4 Å². The van der Waals surface area contributed by atoms with Crippen LogP contribution < -0.4 is 14.8 Å². The summed E-state index contributed by atoms with van der Waals surface area (Å²) in [6.45, 7) is 9.13. The maximum atomic E-state index is 12.4. The first kappa shape index (κ1) is 23.9. The second-order valence-electron chi connectivity index (χ2n) is 6.70. The third-order valence-corrected chi connectivity index (χ3v) is 5.94. The topological polar surface area (TPSA) is 93.9 Å². The van der Waals surface area contributed by atoms with Gasteiger partial charge in [-0.25, -0.2) is 4.98 Å². The summed E-state index contributed by atoms with van der Waals surface area (Å²) in [4.78, 5) is 18.7. The molecule has 1 atom stereocenters. The van der Waals surface area contributed by atoms with Gasteiger partial charge >= 0.3 is 0 Å². The molecule has 0 unspecified atom stereocenters. The molecule has 166 valence electrons. The fourth-order valence-electron chi connectivity index (χ4n) is 2.95. The van der Waals surface area contributed by atoms with Gasteiger partial charge in [-0.2, -0.15) is 0 Å². The zero-order valence-corrected chi connectivity index (χ0v) is 19.1. The molecule has 0 saturated heterocycles. The number of benzene rings is 1. The molecular formula is C21H31N3O5S. The van der Waals surface area contributed by atoms with Crippen molar-refractivity contribution in [3.05, 3.63) is 29.7 Å². The number of likely N-dealkylation sites (N-methyl/N-ethyl adjacent to an activating group) is 1. The quantitative estimate of drug-likeness (QED) is 0.545. The highest BCUT2D eigenvalue weighted by atomic mass is 32.2. The normalized spacial score (nSPS) is 12.1. The molecule has 0 spiro atoms. The summed E-state index contributed by atoms with van der Waals surface area (Å²) in [5.41, 5.74) is 1.30. The summed E-state index contributed by atoms with van der Waals surface area (Å²) < 4.78 is 28.7. The minimum absolute atomic E-state index is 0.0593. The van der Waals surface area contributed by atoms with Gasteiger partial charge in [0.25, 0.3) is 0 Å². The Bertz CT molecular complexity index is 864. The van der Waals surface area contributed by atoms with Gasteiger partial charge in [0.15, 0.2) is 11.5 Å². The Kier molecular flexibility index (Phi) is 9.32. The average molecular weight is 438 g/mol. The Hall–Kier alpha value is -2.39. The molecule has 0 fully saturated rings. The van der Waals surface area contributed by atoms with Crippen LogP contribution in [0.2, 0.25) is 0 Å². The lowest BCUT2D eigenvalue weighted by Gasteiger charge is -2.17. The average Bonchev–Trinajstić information content (AvgIpc) is 3.10. The summed E-state index contributed by atoms with van der Waals surface area (Å²) in [5, 5.41) is 2.82. The molecule has 1 aromatic heterocycles. The summed E-state index contributed by atoms with van der Waals surface area (Å²) >= 11 is 0. The number of hydrogen-bond acceptors (Lipinski definition) is 7. The SMILES string of the molecule is CCN(CC)CCNC(=O)C[S@@](=O)Cc1nc(-c2ccc(OC)c(OC)c2)oc1C. The highest BCUT2D eigenvalue weighted by Crippen LogP contribution is 2.32. The van der Waals surface area contributed by atoms with Crippen LogP contribution in [0.5, 0.6) is 11.5 Å². The van der Waals surface area contributed by atoms with E-state index in [1.165, 1.54) is 0 Å². The van der Waals surface area contributed by atoms with Crippen molar-refractivity contribution in [2.45, 2.75) is 26.5 Å². The first-order chi connectivity index (χ1) is 14.4. The number of hydrogen-bond donors (Lipinski definition) is 1. The van der Waals surface area contributed by atoms with Crippen molar-refractivity contribution in [2.75, 3.05) is 46.2 Å². The van der Waals surface area contributed by atoms with Crippen LogP contribution in [-0.4, -0.2) is 66.2 Å². The van der Waals surface area contributed by atoms with Crippen LogP contribution >= 0.6 is 0 Å². The van der Waals surface area contributed by atoms with E-state index in [1.807, 2.05) is 6.07 Å². The zero-order valence-electron chi connectivity index (χ0n) is 18.3. The number of oxazole rings is 1. The Labute approximate surface area is 180 Å². The summed E-state index contributed by atoms with van der Waals surface area (Å²) in [5.74, 6) is 2.04. The van der Waals surface area contributed by atoms with Crippen LogP contribution in [0, 0.1) is 6.92 Å². The van der Waals surface area contributed by atoms with Gasteiger partial charge in [0, 0.05) is 29.5 Å². The molecule has 0 bridgehead atoms. The minimum atomic E-state index is -1.38. The van der Waals surface area contributed by atoms with Crippen molar-refractivity contribution in [2.24, 2.45) is 0 Å². The number of rotatable bonds is 12. The smallest absolute Gasteiger partial charge is 0.232 e. The fraction of sp³-hybridized carbons (Fsp3) is 0.524. The van der Waals surface area contributed by atoms with Gasteiger partial charge in [-0.05, 0) is 38.2 Å². The Balaban J connectivity index is 1.96. The number of carbonyl (C=O) groups is 1. The molecule has 1 heterocycles. The lowest BCUT2D eigenvalue weighted by atomic mass is 10.2. The maximum absolute atomic E-state index is 12.4. The predicted octanol–water partition coefficient (Wildman–Crippen LogP) is 2.37. The Morgan fingerprint density at radius 3 is 2.53 bits per heavy atom. The second-order valence-corrected chi connectivity index (χ2v) is 8.15. The fourth-order valence-corrected chi connectivity index (χ4v) is 4.02. The molecule has 0 radical (unpaired) electrons. The number of carbonyl (C=O) groups excluding carboxylic acids is 1. The molecule has 30 heavy (non-hydrogen) atoms.